The maximum atomic E-state index is 13.3. The lowest BCUT2D eigenvalue weighted by Gasteiger charge is -2.33. The van der Waals surface area contributed by atoms with Crippen molar-refractivity contribution in [1.29, 1.82) is 0 Å². The fourth-order valence-corrected chi connectivity index (χ4v) is 5.54. The number of halogens is 1. The van der Waals surface area contributed by atoms with Crippen molar-refractivity contribution in [2.45, 2.75) is 17.9 Å². The van der Waals surface area contributed by atoms with Crippen LogP contribution in [-0.2, 0) is 14.8 Å². The molecule has 0 N–H and O–H groups in total. The van der Waals surface area contributed by atoms with Gasteiger partial charge in [-0.2, -0.15) is 0 Å². The van der Waals surface area contributed by atoms with Crippen molar-refractivity contribution < 1.29 is 17.9 Å². The molecule has 172 valence electrons. The van der Waals surface area contributed by atoms with Gasteiger partial charge in [0, 0.05) is 23.7 Å². The highest BCUT2D eigenvalue weighted by atomic mass is 35.5. The predicted molar refractivity (Wildman–Crippen MR) is 129 cm³/mol. The molecule has 1 aliphatic heterocycles. The molecule has 0 aliphatic carbocycles. The summed E-state index contributed by atoms with van der Waals surface area (Å²) in [4.78, 5) is 15.0. The van der Waals surface area contributed by atoms with Crippen molar-refractivity contribution in [2.24, 2.45) is 0 Å². The second kappa shape index (κ2) is 9.95. The second-order valence-corrected chi connectivity index (χ2v) is 9.99. The van der Waals surface area contributed by atoms with Gasteiger partial charge in [-0.3, -0.25) is 9.10 Å². The van der Waals surface area contributed by atoms with E-state index in [2.05, 4.69) is 0 Å². The third-order valence-corrected chi connectivity index (χ3v) is 7.75. The number of amides is 1. The molecule has 1 aliphatic rings. The van der Waals surface area contributed by atoms with Gasteiger partial charge in [0.15, 0.2) is 0 Å². The van der Waals surface area contributed by atoms with Gasteiger partial charge in [0.25, 0.3) is 15.9 Å². The number of rotatable bonds is 6. The topological polar surface area (TPSA) is 66.9 Å². The standard InChI is InChI=1S/C25H25ClN2O4S/c1-2-28(22-8-4-3-5-9-22)33(30,31)23-10-6-7-20(17-23)25(29)27-15-16-32-24(18-27)19-11-13-21(26)14-12-19/h3-14,17,24H,2,15-16,18H2,1H3. The fourth-order valence-electron chi connectivity index (χ4n) is 3.90. The third-order valence-electron chi connectivity index (χ3n) is 5.60. The molecule has 0 bridgehead atoms. The normalized spacial score (nSPS) is 16.4. The zero-order chi connectivity index (χ0) is 23.4. The van der Waals surface area contributed by atoms with Gasteiger partial charge in [0.05, 0.1) is 23.7 Å². The molecule has 0 radical (unpaired) electrons. The Hall–Kier alpha value is -2.87. The number of carbonyl (C=O) groups excluding carboxylic acids is 1. The number of morpholine rings is 1. The van der Waals surface area contributed by atoms with Crippen LogP contribution in [0.3, 0.4) is 0 Å². The number of hydrogen-bond acceptors (Lipinski definition) is 4. The number of nitrogens with zero attached hydrogens (tertiary/aromatic N) is 2. The molecule has 3 aromatic carbocycles. The van der Waals surface area contributed by atoms with Crippen LogP contribution in [0.25, 0.3) is 0 Å². The number of hydrogen-bond donors (Lipinski definition) is 0. The Labute approximate surface area is 199 Å². The van der Waals surface area contributed by atoms with Gasteiger partial charge in [-0.25, -0.2) is 8.42 Å². The zero-order valence-corrected chi connectivity index (χ0v) is 19.8. The Morgan fingerprint density at radius 3 is 2.48 bits per heavy atom. The van der Waals surface area contributed by atoms with E-state index >= 15 is 0 Å². The lowest BCUT2D eigenvalue weighted by molar-refractivity contribution is -0.0228. The molecule has 1 saturated heterocycles. The lowest BCUT2D eigenvalue weighted by Crippen LogP contribution is -2.42. The Balaban J connectivity index is 1.57. The minimum atomic E-state index is -3.82. The predicted octanol–water partition coefficient (Wildman–Crippen LogP) is 4.77. The van der Waals surface area contributed by atoms with Crippen molar-refractivity contribution in [3.63, 3.8) is 0 Å². The smallest absolute Gasteiger partial charge is 0.264 e. The van der Waals surface area contributed by atoms with Gasteiger partial charge < -0.3 is 9.64 Å². The zero-order valence-electron chi connectivity index (χ0n) is 18.2. The summed E-state index contributed by atoms with van der Waals surface area (Å²) in [7, 11) is -3.82. The van der Waals surface area contributed by atoms with Gasteiger partial charge in [-0.15, -0.1) is 0 Å². The summed E-state index contributed by atoms with van der Waals surface area (Å²) < 4.78 is 33.9. The lowest BCUT2D eigenvalue weighted by atomic mass is 10.1. The first-order valence-electron chi connectivity index (χ1n) is 10.7. The van der Waals surface area contributed by atoms with E-state index in [9.17, 15) is 13.2 Å². The minimum absolute atomic E-state index is 0.0848. The van der Waals surface area contributed by atoms with Gasteiger partial charge in [0.1, 0.15) is 6.10 Å². The van der Waals surface area contributed by atoms with E-state index in [-0.39, 0.29) is 23.5 Å². The van der Waals surface area contributed by atoms with Crippen molar-refractivity contribution in [2.75, 3.05) is 30.5 Å². The number of sulfonamides is 1. The number of benzene rings is 3. The summed E-state index contributed by atoms with van der Waals surface area (Å²) >= 11 is 5.98. The number of ether oxygens (including phenoxy) is 1. The Kier molecular flexibility index (Phi) is 7.02. The first-order valence-corrected chi connectivity index (χ1v) is 12.6. The fraction of sp³-hybridized carbons (Fsp3) is 0.240. The highest BCUT2D eigenvalue weighted by Gasteiger charge is 2.28. The van der Waals surface area contributed by atoms with E-state index in [0.717, 1.165) is 5.56 Å². The van der Waals surface area contributed by atoms with E-state index in [4.69, 9.17) is 16.3 Å². The van der Waals surface area contributed by atoms with E-state index < -0.39 is 10.0 Å². The first kappa shape index (κ1) is 23.3. The Morgan fingerprint density at radius 1 is 1.06 bits per heavy atom. The molecule has 6 nitrogen and oxygen atoms in total. The van der Waals surface area contributed by atoms with Crippen LogP contribution >= 0.6 is 11.6 Å². The van der Waals surface area contributed by atoms with Crippen LogP contribution in [0.5, 0.6) is 0 Å². The molecule has 3 aromatic rings. The third kappa shape index (κ3) is 5.05. The van der Waals surface area contributed by atoms with Crippen molar-refractivity contribution in [3.05, 3.63) is 95.0 Å². The molecule has 1 atom stereocenters. The van der Waals surface area contributed by atoms with Crippen LogP contribution in [0.1, 0.15) is 28.9 Å². The van der Waals surface area contributed by atoms with Crippen LogP contribution in [0, 0.1) is 0 Å². The maximum Gasteiger partial charge on any atom is 0.264 e. The van der Waals surface area contributed by atoms with E-state index in [1.54, 1.807) is 60.4 Å². The average Bonchev–Trinajstić information content (AvgIpc) is 2.85. The quantitative estimate of drug-likeness (QED) is 0.505. The molecule has 0 saturated carbocycles. The van der Waals surface area contributed by atoms with Crippen molar-refractivity contribution in [3.8, 4) is 0 Å². The highest BCUT2D eigenvalue weighted by molar-refractivity contribution is 7.92. The van der Waals surface area contributed by atoms with Crippen LogP contribution in [0.15, 0.2) is 83.8 Å². The average molecular weight is 485 g/mol. The molecule has 8 heteroatoms. The van der Waals surface area contributed by atoms with Crippen molar-refractivity contribution in [1.82, 2.24) is 4.90 Å². The molecule has 1 amide bonds. The monoisotopic (exact) mass is 484 g/mol. The molecular formula is C25H25ClN2O4S. The highest BCUT2D eigenvalue weighted by Crippen LogP contribution is 2.27. The SMILES string of the molecule is CCN(c1ccccc1)S(=O)(=O)c1cccc(C(=O)N2CCOC(c3ccc(Cl)cc3)C2)c1. The minimum Gasteiger partial charge on any atom is -0.370 e. The molecule has 1 fully saturated rings. The summed E-state index contributed by atoms with van der Waals surface area (Å²) in [6.45, 7) is 3.27. The van der Waals surface area contributed by atoms with Crippen LogP contribution in [0.4, 0.5) is 5.69 Å². The molecule has 1 unspecified atom stereocenters. The summed E-state index contributed by atoms with van der Waals surface area (Å²) in [5.41, 5.74) is 1.85. The maximum absolute atomic E-state index is 13.3. The number of para-hydroxylation sites is 1. The van der Waals surface area contributed by atoms with Crippen molar-refractivity contribution >= 4 is 33.2 Å². The summed E-state index contributed by atoms with van der Waals surface area (Å²) in [6.07, 6.45) is -0.263. The van der Waals surface area contributed by atoms with E-state index in [1.165, 1.54) is 16.4 Å². The van der Waals surface area contributed by atoms with Crippen LogP contribution in [0.2, 0.25) is 5.02 Å². The van der Waals surface area contributed by atoms with Gasteiger partial charge in [0.2, 0.25) is 0 Å². The van der Waals surface area contributed by atoms with Crippen LogP contribution in [-0.4, -0.2) is 45.5 Å². The molecule has 1 heterocycles. The molecular weight excluding hydrogens is 460 g/mol. The largest absolute Gasteiger partial charge is 0.370 e. The molecule has 33 heavy (non-hydrogen) atoms. The van der Waals surface area contributed by atoms with E-state index in [0.29, 0.717) is 36.0 Å². The van der Waals surface area contributed by atoms with Crippen LogP contribution < -0.4 is 4.31 Å². The molecule has 4 rings (SSSR count). The number of anilines is 1. The molecule has 0 spiro atoms. The van der Waals surface area contributed by atoms with Gasteiger partial charge in [-0.1, -0.05) is 48.0 Å². The summed E-state index contributed by atoms with van der Waals surface area (Å²) in [5.74, 6) is -0.225. The van der Waals surface area contributed by atoms with Gasteiger partial charge >= 0.3 is 0 Å². The number of carbonyl (C=O) groups is 1. The first-order chi connectivity index (χ1) is 15.9. The Bertz CT molecular complexity index is 1220. The molecule has 0 aromatic heterocycles. The Morgan fingerprint density at radius 2 is 1.79 bits per heavy atom. The second-order valence-electron chi connectivity index (χ2n) is 7.70. The van der Waals surface area contributed by atoms with E-state index in [1.807, 2.05) is 18.2 Å². The van der Waals surface area contributed by atoms with Gasteiger partial charge in [-0.05, 0) is 55.0 Å². The summed E-state index contributed by atoms with van der Waals surface area (Å²) in [5, 5.41) is 0.636. The summed E-state index contributed by atoms with van der Waals surface area (Å²) in [6, 6.07) is 22.5.